The van der Waals surface area contributed by atoms with Crippen LogP contribution in [0.25, 0.3) is 0 Å². The molecule has 1 fully saturated rings. The number of nitrogens with zero attached hydrogens (tertiary/aromatic N) is 1. The molecule has 15 heavy (non-hydrogen) atoms. The average molecular weight is 214 g/mol. The first kappa shape index (κ1) is 12.9. The SMILES string of the molecule is CN(C)CC1(O)CC(C)(C)NC(C)(C)C1. The largest absolute Gasteiger partial charge is 0.388 e. The summed E-state index contributed by atoms with van der Waals surface area (Å²) in [5.74, 6) is 0. The summed E-state index contributed by atoms with van der Waals surface area (Å²) in [6.45, 7) is 9.38. The van der Waals surface area contributed by atoms with E-state index in [4.69, 9.17) is 0 Å². The summed E-state index contributed by atoms with van der Waals surface area (Å²) in [6, 6.07) is 0. The molecule has 0 bridgehead atoms. The molecule has 1 saturated heterocycles. The Labute approximate surface area is 93.9 Å². The standard InChI is InChI=1S/C12H26N2O/c1-10(2)7-12(15,9-14(5)6)8-11(3,4)13-10/h13,15H,7-9H2,1-6H3. The van der Waals surface area contributed by atoms with Crippen LogP contribution in [0.4, 0.5) is 0 Å². The molecule has 1 rings (SSSR count). The summed E-state index contributed by atoms with van der Waals surface area (Å²) in [6.07, 6.45) is 1.61. The highest BCUT2D eigenvalue weighted by Crippen LogP contribution is 2.36. The Morgan fingerprint density at radius 3 is 1.80 bits per heavy atom. The zero-order valence-corrected chi connectivity index (χ0v) is 11.0. The highest BCUT2D eigenvalue weighted by atomic mass is 16.3. The maximum atomic E-state index is 10.6. The highest BCUT2D eigenvalue weighted by Gasteiger charge is 2.45. The van der Waals surface area contributed by atoms with Gasteiger partial charge in [0.05, 0.1) is 5.60 Å². The lowest BCUT2D eigenvalue weighted by Crippen LogP contribution is -2.65. The fraction of sp³-hybridized carbons (Fsp3) is 1.00. The molecular weight excluding hydrogens is 188 g/mol. The molecule has 1 aliphatic rings. The third-order valence-corrected chi connectivity index (χ3v) is 2.83. The predicted molar refractivity (Wildman–Crippen MR) is 64.0 cm³/mol. The van der Waals surface area contributed by atoms with E-state index < -0.39 is 5.60 Å². The van der Waals surface area contributed by atoms with Gasteiger partial charge in [0.2, 0.25) is 0 Å². The second kappa shape index (κ2) is 3.72. The van der Waals surface area contributed by atoms with Crippen LogP contribution >= 0.6 is 0 Å². The van der Waals surface area contributed by atoms with Crippen molar-refractivity contribution in [2.24, 2.45) is 0 Å². The molecular formula is C12H26N2O. The van der Waals surface area contributed by atoms with E-state index in [1.54, 1.807) is 0 Å². The molecule has 90 valence electrons. The third kappa shape index (κ3) is 3.74. The van der Waals surface area contributed by atoms with Crippen LogP contribution < -0.4 is 5.32 Å². The van der Waals surface area contributed by atoms with Gasteiger partial charge >= 0.3 is 0 Å². The van der Waals surface area contributed by atoms with Crippen molar-refractivity contribution in [2.45, 2.75) is 57.2 Å². The number of hydrogen-bond acceptors (Lipinski definition) is 3. The highest BCUT2D eigenvalue weighted by molar-refractivity contribution is 5.04. The molecule has 0 unspecified atom stereocenters. The lowest BCUT2D eigenvalue weighted by molar-refractivity contribution is -0.0689. The van der Waals surface area contributed by atoms with Crippen molar-refractivity contribution in [3.05, 3.63) is 0 Å². The van der Waals surface area contributed by atoms with Crippen molar-refractivity contribution in [2.75, 3.05) is 20.6 Å². The van der Waals surface area contributed by atoms with Gasteiger partial charge in [-0.2, -0.15) is 0 Å². The molecule has 0 atom stereocenters. The number of hydrogen-bond donors (Lipinski definition) is 2. The van der Waals surface area contributed by atoms with E-state index in [2.05, 4.69) is 37.9 Å². The minimum absolute atomic E-state index is 0.00646. The van der Waals surface area contributed by atoms with Crippen molar-refractivity contribution in [1.29, 1.82) is 0 Å². The minimum atomic E-state index is -0.568. The van der Waals surface area contributed by atoms with Crippen molar-refractivity contribution in [1.82, 2.24) is 10.2 Å². The minimum Gasteiger partial charge on any atom is -0.388 e. The number of rotatable bonds is 2. The first-order valence-corrected chi connectivity index (χ1v) is 5.70. The van der Waals surface area contributed by atoms with Gasteiger partial charge < -0.3 is 15.3 Å². The summed E-state index contributed by atoms with van der Waals surface area (Å²) in [5.41, 5.74) is -0.555. The lowest BCUT2D eigenvalue weighted by Gasteiger charge is -2.51. The van der Waals surface area contributed by atoms with Gasteiger partial charge in [-0.15, -0.1) is 0 Å². The van der Waals surface area contributed by atoms with Crippen molar-refractivity contribution in [3.63, 3.8) is 0 Å². The lowest BCUT2D eigenvalue weighted by atomic mass is 9.73. The first-order chi connectivity index (χ1) is 6.54. The number of nitrogens with one attached hydrogen (secondary N) is 1. The normalized spacial score (nSPS) is 28.0. The van der Waals surface area contributed by atoms with E-state index in [0.29, 0.717) is 0 Å². The fourth-order valence-corrected chi connectivity index (χ4v) is 3.41. The molecule has 0 aliphatic carbocycles. The Hall–Kier alpha value is -0.120. The third-order valence-electron chi connectivity index (χ3n) is 2.83. The van der Waals surface area contributed by atoms with Gasteiger partial charge in [-0.3, -0.25) is 0 Å². The number of piperidine rings is 1. The maximum absolute atomic E-state index is 10.6. The van der Waals surface area contributed by atoms with Gasteiger partial charge in [0, 0.05) is 17.6 Å². The molecule has 3 heteroatoms. The van der Waals surface area contributed by atoms with Crippen LogP contribution in [0.5, 0.6) is 0 Å². The second-order valence-corrected chi connectivity index (χ2v) is 6.71. The Morgan fingerprint density at radius 1 is 1.07 bits per heavy atom. The molecule has 0 amide bonds. The molecule has 0 spiro atoms. The maximum Gasteiger partial charge on any atom is 0.0808 e. The van der Waals surface area contributed by atoms with Gasteiger partial charge in [0.1, 0.15) is 0 Å². The molecule has 2 N–H and O–H groups in total. The van der Waals surface area contributed by atoms with E-state index in [0.717, 1.165) is 19.4 Å². The average Bonchev–Trinajstić information content (AvgIpc) is 1.70. The molecule has 0 aromatic rings. The van der Waals surface area contributed by atoms with E-state index >= 15 is 0 Å². The van der Waals surface area contributed by atoms with Crippen LogP contribution in [0.2, 0.25) is 0 Å². The quantitative estimate of drug-likeness (QED) is 0.725. The smallest absolute Gasteiger partial charge is 0.0808 e. The molecule has 1 heterocycles. The summed E-state index contributed by atoms with van der Waals surface area (Å²) < 4.78 is 0. The summed E-state index contributed by atoms with van der Waals surface area (Å²) in [5, 5.41) is 14.2. The molecule has 0 saturated carbocycles. The van der Waals surface area contributed by atoms with Crippen molar-refractivity contribution < 1.29 is 5.11 Å². The Bertz CT molecular complexity index is 218. The zero-order chi connectivity index (χ0) is 11.9. The van der Waals surface area contributed by atoms with E-state index in [1.165, 1.54) is 0 Å². The molecule has 0 radical (unpaired) electrons. The van der Waals surface area contributed by atoms with E-state index in [9.17, 15) is 5.11 Å². The van der Waals surface area contributed by atoms with Crippen LogP contribution in [-0.4, -0.2) is 47.3 Å². The zero-order valence-electron chi connectivity index (χ0n) is 11.0. The van der Waals surface area contributed by atoms with Gasteiger partial charge in [-0.05, 0) is 54.6 Å². The van der Waals surface area contributed by atoms with Crippen LogP contribution in [0.15, 0.2) is 0 Å². The van der Waals surface area contributed by atoms with E-state index in [-0.39, 0.29) is 11.1 Å². The van der Waals surface area contributed by atoms with Crippen molar-refractivity contribution in [3.8, 4) is 0 Å². The molecule has 0 aromatic heterocycles. The van der Waals surface area contributed by atoms with Crippen LogP contribution in [0, 0.1) is 0 Å². The van der Waals surface area contributed by atoms with Crippen LogP contribution in [-0.2, 0) is 0 Å². The predicted octanol–water partition coefficient (Wildman–Crippen LogP) is 1.22. The van der Waals surface area contributed by atoms with Crippen LogP contribution in [0.1, 0.15) is 40.5 Å². The van der Waals surface area contributed by atoms with Crippen LogP contribution in [0.3, 0.4) is 0 Å². The summed E-state index contributed by atoms with van der Waals surface area (Å²) in [7, 11) is 4.03. The van der Waals surface area contributed by atoms with Gasteiger partial charge in [-0.1, -0.05) is 0 Å². The molecule has 1 aliphatic heterocycles. The summed E-state index contributed by atoms with van der Waals surface area (Å²) >= 11 is 0. The van der Waals surface area contributed by atoms with E-state index in [1.807, 2.05) is 14.1 Å². The number of likely N-dealkylation sites (N-methyl/N-ethyl adjacent to an activating group) is 1. The Kier molecular flexibility index (Phi) is 3.21. The molecule has 3 nitrogen and oxygen atoms in total. The summed E-state index contributed by atoms with van der Waals surface area (Å²) in [4.78, 5) is 2.07. The van der Waals surface area contributed by atoms with Crippen molar-refractivity contribution >= 4 is 0 Å². The number of aliphatic hydroxyl groups is 1. The first-order valence-electron chi connectivity index (χ1n) is 5.70. The second-order valence-electron chi connectivity index (χ2n) is 6.71. The molecule has 0 aromatic carbocycles. The Balaban J connectivity index is 2.82. The topological polar surface area (TPSA) is 35.5 Å². The Morgan fingerprint density at radius 2 is 1.47 bits per heavy atom. The van der Waals surface area contributed by atoms with Gasteiger partial charge in [0.15, 0.2) is 0 Å². The monoisotopic (exact) mass is 214 g/mol. The van der Waals surface area contributed by atoms with Gasteiger partial charge in [0.25, 0.3) is 0 Å². The van der Waals surface area contributed by atoms with Gasteiger partial charge in [-0.25, -0.2) is 0 Å². The fourth-order valence-electron chi connectivity index (χ4n) is 3.41.